The lowest BCUT2D eigenvalue weighted by Gasteiger charge is -2.15. The lowest BCUT2D eigenvalue weighted by molar-refractivity contribution is 0.180. The maximum Gasteiger partial charge on any atom is 0.0794 e. The summed E-state index contributed by atoms with van der Waals surface area (Å²) in [6.07, 6.45) is 3.96. The first kappa shape index (κ1) is 9.12. The molecule has 3 nitrogen and oxygen atoms in total. The van der Waals surface area contributed by atoms with Gasteiger partial charge < -0.3 is 10.5 Å². The van der Waals surface area contributed by atoms with Gasteiger partial charge in [-0.2, -0.15) is 0 Å². The average molecular weight is 198 g/mol. The molecule has 1 aliphatic rings. The number of rotatable bonds is 3. The Kier molecular flexibility index (Phi) is 2.93. The Morgan fingerprint density at radius 2 is 2.69 bits per heavy atom. The lowest BCUT2D eigenvalue weighted by atomic mass is 9.97. The van der Waals surface area contributed by atoms with Crippen LogP contribution in [0.15, 0.2) is 11.7 Å². The van der Waals surface area contributed by atoms with Crippen molar-refractivity contribution in [3.05, 3.63) is 16.6 Å². The number of nitrogens with two attached hydrogens (primary N) is 1. The molecule has 0 spiro atoms. The lowest BCUT2D eigenvalue weighted by Crippen LogP contribution is -2.32. The summed E-state index contributed by atoms with van der Waals surface area (Å²) in [6.45, 7) is 1.71. The van der Waals surface area contributed by atoms with Crippen LogP contribution in [0.25, 0.3) is 0 Å². The van der Waals surface area contributed by atoms with E-state index in [0.29, 0.717) is 5.92 Å². The molecule has 0 amide bonds. The summed E-state index contributed by atoms with van der Waals surface area (Å²) in [5.41, 5.74) is 7.92. The van der Waals surface area contributed by atoms with Gasteiger partial charge >= 0.3 is 0 Å². The molecular weight excluding hydrogens is 184 g/mol. The molecule has 2 rings (SSSR count). The van der Waals surface area contributed by atoms with Gasteiger partial charge in [0.05, 0.1) is 12.1 Å². The van der Waals surface area contributed by atoms with E-state index in [2.05, 4.69) is 4.98 Å². The number of ether oxygens (including phenoxy) is 1. The van der Waals surface area contributed by atoms with Crippen LogP contribution >= 0.6 is 11.3 Å². The predicted octanol–water partition coefficient (Wildman–Crippen LogP) is 1.05. The van der Waals surface area contributed by atoms with Crippen LogP contribution in [-0.2, 0) is 11.2 Å². The van der Waals surface area contributed by atoms with Gasteiger partial charge in [-0.1, -0.05) is 0 Å². The summed E-state index contributed by atoms with van der Waals surface area (Å²) in [6, 6.07) is 0.239. The first-order valence-electron chi connectivity index (χ1n) is 4.57. The Balaban J connectivity index is 1.87. The van der Waals surface area contributed by atoms with Crippen LogP contribution in [0.1, 0.15) is 11.3 Å². The van der Waals surface area contributed by atoms with Crippen LogP contribution in [0.5, 0.6) is 0 Å². The largest absolute Gasteiger partial charge is 0.381 e. The van der Waals surface area contributed by atoms with E-state index in [1.54, 1.807) is 11.3 Å². The highest BCUT2D eigenvalue weighted by atomic mass is 32.1. The van der Waals surface area contributed by atoms with E-state index in [1.807, 2.05) is 11.7 Å². The van der Waals surface area contributed by atoms with Crippen molar-refractivity contribution in [3.63, 3.8) is 0 Å². The van der Waals surface area contributed by atoms with Crippen molar-refractivity contribution in [1.82, 2.24) is 4.98 Å². The number of hydrogen-bond donors (Lipinski definition) is 1. The van der Waals surface area contributed by atoms with Gasteiger partial charge in [-0.3, -0.25) is 4.98 Å². The summed E-state index contributed by atoms with van der Waals surface area (Å²) in [5.74, 6) is 0.544. The standard InChI is InChI=1S/C9H14N2OS/c10-9(7-1-2-12-5-7)3-8-4-11-6-13-8/h4,6-7,9H,1-3,5,10H2. The molecule has 0 radical (unpaired) electrons. The van der Waals surface area contributed by atoms with E-state index in [9.17, 15) is 0 Å². The van der Waals surface area contributed by atoms with Crippen LogP contribution in [-0.4, -0.2) is 24.2 Å². The van der Waals surface area contributed by atoms with Gasteiger partial charge in [0.1, 0.15) is 0 Å². The molecule has 0 aliphatic carbocycles. The second-order valence-electron chi connectivity index (χ2n) is 3.46. The minimum absolute atomic E-state index is 0.239. The van der Waals surface area contributed by atoms with Crippen molar-refractivity contribution < 1.29 is 4.74 Å². The average Bonchev–Trinajstić information content (AvgIpc) is 2.74. The Labute approximate surface area is 81.9 Å². The number of thiazole rings is 1. The first-order chi connectivity index (χ1) is 6.36. The van der Waals surface area contributed by atoms with E-state index in [0.717, 1.165) is 26.1 Å². The van der Waals surface area contributed by atoms with E-state index >= 15 is 0 Å². The molecule has 2 N–H and O–H groups in total. The third-order valence-electron chi connectivity index (χ3n) is 2.49. The third kappa shape index (κ3) is 2.27. The van der Waals surface area contributed by atoms with Crippen LogP contribution in [0, 0.1) is 5.92 Å². The molecular formula is C9H14N2OS. The number of nitrogens with zero attached hydrogens (tertiary/aromatic N) is 1. The highest BCUT2D eigenvalue weighted by Crippen LogP contribution is 2.19. The number of aromatic nitrogens is 1. The zero-order valence-corrected chi connectivity index (χ0v) is 8.30. The molecule has 2 atom stereocenters. The molecule has 1 fully saturated rings. The van der Waals surface area contributed by atoms with Gasteiger partial charge in [0, 0.05) is 23.7 Å². The maximum atomic E-state index is 6.07. The van der Waals surface area contributed by atoms with E-state index in [-0.39, 0.29) is 6.04 Å². The summed E-state index contributed by atoms with van der Waals surface area (Å²) < 4.78 is 5.31. The highest BCUT2D eigenvalue weighted by molar-refractivity contribution is 7.09. The van der Waals surface area contributed by atoms with Gasteiger partial charge in [0.25, 0.3) is 0 Å². The third-order valence-corrected chi connectivity index (χ3v) is 3.29. The second kappa shape index (κ2) is 4.17. The molecule has 1 saturated heterocycles. The smallest absolute Gasteiger partial charge is 0.0794 e. The molecule has 0 aromatic carbocycles. The van der Waals surface area contributed by atoms with Gasteiger partial charge in [0.15, 0.2) is 0 Å². The van der Waals surface area contributed by atoms with Crippen LogP contribution < -0.4 is 5.73 Å². The Bertz CT molecular complexity index is 244. The quantitative estimate of drug-likeness (QED) is 0.789. The summed E-state index contributed by atoms with van der Waals surface area (Å²) in [7, 11) is 0. The molecule has 0 saturated carbocycles. The molecule has 2 unspecified atom stereocenters. The van der Waals surface area contributed by atoms with Crippen molar-refractivity contribution in [1.29, 1.82) is 0 Å². The monoisotopic (exact) mass is 198 g/mol. The van der Waals surface area contributed by atoms with Gasteiger partial charge in [0.2, 0.25) is 0 Å². The van der Waals surface area contributed by atoms with Gasteiger partial charge in [-0.05, 0) is 18.8 Å². The van der Waals surface area contributed by atoms with Crippen molar-refractivity contribution in [2.45, 2.75) is 18.9 Å². The molecule has 1 aliphatic heterocycles. The van der Waals surface area contributed by atoms with Crippen LogP contribution in [0.3, 0.4) is 0 Å². The normalized spacial score (nSPS) is 24.8. The molecule has 0 bridgehead atoms. The zero-order chi connectivity index (χ0) is 9.10. The fraction of sp³-hybridized carbons (Fsp3) is 0.667. The topological polar surface area (TPSA) is 48.1 Å². The predicted molar refractivity (Wildman–Crippen MR) is 52.7 cm³/mol. The minimum Gasteiger partial charge on any atom is -0.381 e. The van der Waals surface area contributed by atoms with Crippen molar-refractivity contribution in [2.75, 3.05) is 13.2 Å². The summed E-state index contributed by atoms with van der Waals surface area (Å²) in [4.78, 5) is 5.31. The SMILES string of the molecule is NC(Cc1cncs1)C1CCOC1. The highest BCUT2D eigenvalue weighted by Gasteiger charge is 2.22. The fourth-order valence-corrected chi connectivity index (χ4v) is 2.30. The van der Waals surface area contributed by atoms with E-state index < -0.39 is 0 Å². The Morgan fingerprint density at radius 3 is 3.31 bits per heavy atom. The van der Waals surface area contributed by atoms with E-state index in [1.165, 1.54) is 4.88 Å². The molecule has 1 aromatic rings. The van der Waals surface area contributed by atoms with Gasteiger partial charge in [-0.15, -0.1) is 11.3 Å². The molecule has 4 heteroatoms. The Morgan fingerprint density at radius 1 is 1.77 bits per heavy atom. The molecule has 2 heterocycles. The summed E-state index contributed by atoms with van der Waals surface area (Å²) in [5, 5.41) is 0. The molecule has 72 valence electrons. The van der Waals surface area contributed by atoms with Gasteiger partial charge in [-0.25, -0.2) is 0 Å². The van der Waals surface area contributed by atoms with Crippen molar-refractivity contribution in [3.8, 4) is 0 Å². The minimum atomic E-state index is 0.239. The van der Waals surface area contributed by atoms with Crippen LogP contribution in [0.4, 0.5) is 0 Å². The van der Waals surface area contributed by atoms with Crippen molar-refractivity contribution >= 4 is 11.3 Å². The fourth-order valence-electron chi connectivity index (χ4n) is 1.63. The van der Waals surface area contributed by atoms with Crippen LogP contribution in [0.2, 0.25) is 0 Å². The first-order valence-corrected chi connectivity index (χ1v) is 5.45. The number of hydrogen-bond acceptors (Lipinski definition) is 4. The second-order valence-corrected chi connectivity index (χ2v) is 4.43. The van der Waals surface area contributed by atoms with Crippen molar-refractivity contribution in [2.24, 2.45) is 11.7 Å². The molecule has 13 heavy (non-hydrogen) atoms. The maximum absolute atomic E-state index is 6.07. The summed E-state index contributed by atoms with van der Waals surface area (Å²) >= 11 is 1.68. The van der Waals surface area contributed by atoms with E-state index in [4.69, 9.17) is 10.5 Å². The zero-order valence-electron chi connectivity index (χ0n) is 7.48. The Hall–Kier alpha value is -0.450. The molecule has 1 aromatic heterocycles.